The van der Waals surface area contributed by atoms with Crippen LogP contribution < -0.4 is 5.43 Å². The lowest BCUT2D eigenvalue weighted by atomic mass is 10.0. The van der Waals surface area contributed by atoms with Gasteiger partial charge in [0.15, 0.2) is 5.43 Å². The summed E-state index contributed by atoms with van der Waals surface area (Å²) in [6, 6.07) is 12.5. The molecule has 0 unspecified atom stereocenters. The standard InChI is InChI=1S/C17H13NO/c1-10-7-8-13-12-5-3-4-6-14(12)18-9-11(2)17(19)15(10)16(13)18/h3-9H,1-2H3. The van der Waals surface area contributed by atoms with Gasteiger partial charge in [0.1, 0.15) is 0 Å². The van der Waals surface area contributed by atoms with E-state index in [1.165, 1.54) is 5.39 Å². The Labute approximate surface area is 110 Å². The monoisotopic (exact) mass is 247 g/mol. The van der Waals surface area contributed by atoms with Crippen LogP contribution in [-0.2, 0) is 0 Å². The third-order valence-corrected chi connectivity index (χ3v) is 3.99. The lowest BCUT2D eigenvalue weighted by molar-refractivity contribution is 1.20. The Morgan fingerprint density at radius 2 is 1.68 bits per heavy atom. The molecule has 0 N–H and O–H groups in total. The van der Waals surface area contributed by atoms with E-state index in [1.54, 1.807) is 0 Å². The number of para-hydroxylation sites is 1. The van der Waals surface area contributed by atoms with Gasteiger partial charge in [-0.05, 0) is 25.5 Å². The van der Waals surface area contributed by atoms with E-state index in [0.717, 1.165) is 32.9 Å². The van der Waals surface area contributed by atoms with E-state index in [1.807, 2.05) is 38.2 Å². The molecule has 92 valence electrons. The van der Waals surface area contributed by atoms with Crippen LogP contribution in [0.3, 0.4) is 0 Å². The van der Waals surface area contributed by atoms with E-state index in [0.29, 0.717) is 0 Å². The van der Waals surface area contributed by atoms with Crippen molar-refractivity contribution >= 4 is 27.2 Å². The summed E-state index contributed by atoms with van der Waals surface area (Å²) < 4.78 is 2.16. The van der Waals surface area contributed by atoms with Crippen LogP contribution in [0, 0.1) is 13.8 Å². The van der Waals surface area contributed by atoms with Crippen LogP contribution >= 0.6 is 0 Å². The van der Waals surface area contributed by atoms with Gasteiger partial charge in [-0.1, -0.05) is 30.3 Å². The van der Waals surface area contributed by atoms with Crippen molar-refractivity contribution in [3.63, 3.8) is 0 Å². The summed E-state index contributed by atoms with van der Waals surface area (Å²) in [6.07, 6.45) is 1.96. The third-order valence-electron chi connectivity index (χ3n) is 3.99. The smallest absolute Gasteiger partial charge is 0.192 e. The first-order valence-electron chi connectivity index (χ1n) is 6.44. The molecule has 2 heterocycles. The minimum absolute atomic E-state index is 0.151. The summed E-state index contributed by atoms with van der Waals surface area (Å²) in [7, 11) is 0. The molecule has 4 rings (SSSR count). The minimum Gasteiger partial charge on any atom is -0.315 e. The fraction of sp³-hybridized carbons (Fsp3) is 0.118. The van der Waals surface area contributed by atoms with Crippen molar-refractivity contribution < 1.29 is 0 Å². The molecular weight excluding hydrogens is 234 g/mol. The zero-order chi connectivity index (χ0) is 13.1. The maximum Gasteiger partial charge on any atom is 0.192 e. The van der Waals surface area contributed by atoms with Gasteiger partial charge in [-0.3, -0.25) is 4.79 Å². The van der Waals surface area contributed by atoms with Gasteiger partial charge >= 0.3 is 0 Å². The molecule has 2 aromatic carbocycles. The second-order valence-corrected chi connectivity index (χ2v) is 5.18. The Morgan fingerprint density at radius 1 is 0.895 bits per heavy atom. The van der Waals surface area contributed by atoms with Crippen LogP contribution in [0.15, 0.2) is 47.4 Å². The number of pyridine rings is 1. The average molecular weight is 247 g/mol. The number of aryl methyl sites for hydroxylation is 2. The summed E-state index contributed by atoms with van der Waals surface area (Å²) >= 11 is 0. The van der Waals surface area contributed by atoms with Crippen molar-refractivity contribution in [1.29, 1.82) is 0 Å². The zero-order valence-corrected chi connectivity index (χ0v) is 10.9. The molecule has 0 aliphatic carbocycles. The van der Waals surface area contributed by atoms with E-state index >= 15 is 0 Å². The third kappa shape index (κ3) is 1.18. The molecule has 0 fully saturated rings. The molecule has 0 atom stereocenters. The first kappa shape index (κ1) is 10.6. The predicted octanol–water partition coefficient (Wildman–Crippen LogP) is 3.66. The Balaban J connectivity index is 2.52. The first-order valence-corrected chi connectivity index (χ1v) is 6.44. The van der Waals surface area contributed by atoms with Crippen molar-refractivity contribution in [3.05, 3.63) is 63.9 Å². The van der Waals surface area contributed by atoms with Crippen LogP contribution in [0.4, 0.5) is 0 Å². The van der Waals surface area contributed by atoms with Gasteiger partial charge in [-0.25, -0.2) is 0 Å². The quantitative estimate of drug-likeness (QED) is 0.464. The van der Waals surface area contributed by atoms with Gasteiger partial charge in [0, 0.05) is 27.9 Å². The summed E-state index contributed by atoms with van der Waals surface area (Å²) in [6.45, 7) is 3.89. The number of benzene rings is 2. The number of aromatic nitrogens is 1. The second kappa shape index (κ2) is 3.35. The van der Waals surface area contributed by atoms with Gasteiger partial charge in [-0.15, -0.1) is 0 Å². The van der Waals surface area contributed by atoms with Crippen molar-refractivity contribution in [2.75, 3.05) is 0 Å². The highest BCUT2D eigenvalue weighted by Gasteiger charge is 2.15. The highest BCUT2D eigenvalue weighted by Crippen LogP contribution is 2.31. The molecule has 2 heteroatoms. The average Bonchev–Trinajstić information content (AvgIpc) is 2.72. The SMILES string of the molecule is Cc1cn2c3ccccc3c3ccc(C)c(c1=O)c32. The van der Waals surface area contributed by atoms with E-state index in [9.17, 15) is 4.79 Å². The normalized spacial score (nSPS) is 11.9. The fourth-order valence-electron chi connectivity index (χ4n) is 3.06. The molecule has 4 aromatic rings. The lowest BCUT2D eigenvalue weighted by Crippen LogP contribution is -2.09. The Kier molecular flexibility index (Phi) is 1.86. The largest absolute Gasteiger partial charge is 0.315 e. The van der Waals surface area contributed by atoms with Crippen LogP contribution in [0.2, 0.25) is 0 Å². The topological polar surface area (TPSA) is 21.5 Å². The van der Waals surface area contributed by atoms with Crippen molar-refractivity contribution in [1.82, 2.24) is 4.40 Å². The molecule has 0 saturated carbocycles. The molecule has 0 saturated heterocycles. The maximum atomic E-state index is 12.4. The molecule has 2 aromatic heterocycles. The highest BCUT2D eigenvalue weighted by molar-refractivity contribution is 6.14. The molecule has 0 bridgehead atoms. The van der Waals surface area contributed by atoms with Crippen LogP contribution in [0.5, 0.6) is 0 Å². The Morgan fingerprint density at radius 3 is 2.53 bits per heavy atom. The van der Waals surface area contributed by atoms with Crippen LogP contribution in [0.1, 0.15) is 11.1 Å². The Hall–Kier alpha value is -2.35. The molecule has 2 nitrogen and oxygen atoms in total. The molecular formula is C17H13NO. The number of nitrogens with zero attached hydrogens (tertiary/aromatic N) is 1. The van der Waals surface area contributed by atoms with Gasteiger partial charge in [0.05, 0.1) is 11.0 Å². The maximum absolute atomic E-state index is 12.4. The van der Waals surface area contributed by atoms with E-state index in [-0.39, 0.29) is 5.43 Å². The van der Waals surface area contributed by atoms with Gasteiger partial charge in [0.2, 0.25) is 0 Å². The van der Waals surface area contributed by atoms with Crippen molar-refractivity contribution in [2.24, 2.45) is 0 Å². The van der Waals surface area contributed by atoms with Gasteiger partial charge in [-0.2, -0.15) is 0 Å². The van der Waals surface area contributed by atoms with E-state index < -0.39 is 0 Å². The molecule has 0 amide bonds. The van der Waals surface area contributed by atoms with Gasteiger partial charge < -0.3 is 4.40 Å². The fourth-order valence-corrected chi connectivity index (χ4v) is 3.06. The first-order chi connectivity index (χ1) is 9.18. The predicted molar refractivity (Wildman–Crippen MR) is 79.3 cm³/mol. The molecule has 0 spiro atoms. The molecule has 19 heavy (non-hydrogen) atoms. The lowest BCUT2D eigenvalue weighted by Gasteiger charge is -2.05. The minimum atomic E-state index is 0.151. The zero-order valence-electron chi connectivity index (χ0n) is 10.9. The number of hydrogen-bond donors (Lipinski definition) is 0. The summed E-state index contributed by atoms with van der Waals surface area (Å²) in [4.78, 5) is 12.4. The van der Waals surface area contributed by atoms with Gasteiger partial charge in [0.25, 0.3) is 0 Å². The van der Waals surface area contributed by atoms with Crippen molar-refractivity contribution in [2.45, 2.75) is 13.8 Å². The number of hydrogen-bond acceptors (Lipinski definition) is 1. The molecule has 0 radical (unpaired) electrons. The molecule has 0 aliphatic rings. The summed E-state index contributed by atoms with van der Waals surface area (Å²) in [5, 5.41) is 3.22. The Bertz CT molecular complexity index is 995. The number of rotatable bonds is 0. The highest BCUT2D eigenvalue weighted by atomic mass is 16.1. The summed E-state index contributed by atoms with van der Waals surface area (Å²) in [5.74, 6) is 0. The van der Waals surface area contributed by atoms with Crippen molar-refractivity contribution in [3.8, 4) is 0 Å². The van der Waals surface area contributed by atoms with Crippen LogP contribution in [0.25, 0.3) is 27.2 Å². The van der Waals surface area contributed by atoms with E-state index in [2.05, 4.69) is 22.6 Å². The molecule has 0 aliphatic heterocycles. The number of fused-ring (bicyclic) bond motifs is 3. The van der Waals surface area contributed by atoms with E-state index in [4.69, 9.17) is 0 Å². The summed E-state index contributed by atoms with van der Waals surface area (Å²) in [5.41, 5.74) is 4.21. The second-order valence-electron chi connectivity index (χ2n) is 5.18. The van der Waals surface area contributed by atoms with Crippen LogP contribution in [-0.4, -0.2) is 4.40 Å².